The van der Waals surface area contributed by atoms with Crippen molar-refractivity contribution in [2.75, 3.05) is 6.61 Å². The van der Waals surface area contributed by atoms with Crippen molar-refractivity contribution in [3.8, 4) is 0 Å². The predicted octanol–water partition coefficient (Wildman–Crippen LogP) is 2.60. The van der Waals surface area contributed by atoms with Gasteiger partial charge in [0, 0.05) is 12.6 Å². The van der Waals surface area contributed by atoms with Crippen molar-refractivity contribution in [2.45, 2.75) is 70.9 Å². The summed E-state index contributed by atoms with van der Waals surface area (Å²) in [6, 6.07) is 0.483. The molecule has 3 nitrogen and oxygen atoms in total. The first kappa shape index (κ1) is 13.9. The molecule has 1 aliphatic rings. The summed E-state index contributed by atoms with van der Waals surface area (Å²) in [5.74, 6) is 6.36. The smallest absolute Gasteiger partial charge is 0.0576 e. The number of nitrogens with one attached hydrogen (secondary N) is 1. The minimum absolute atomic E-state index is 0.483. The second-order valence-corrected chi connectivity index (χ2v) is 5.18. The van der Waals surface area contributed by atoms with Crippen molar-refractivity contribution in [3.63, 3.8) is 0 Å². The molecule has 3 unspecified atom stereocenters. The van der Waals surface area contributed by atoms with Crippen LogP contribution in [0.3, 0.4) is 0 Å². The zero-order valence-electron chi connectivity index (χ0n) is 10.9. The van der Waals surface area contributed by atoms with Crippen LogP contribution in [0.2, 0.25) is 0 Å². The summed E-state index contributed by atoms with van der Waals surface area (Å²) >= 11 is 0. The molecule has 1 aliphatic heterocycles. The Morgan fingerprint density at radius 2 is 2.31 bits per heavy atom. The summed E-state index contributed by atoms with van der Waals surface area (Å²) < 4.78 is 5.62. The van der Waals surface area contributed by atoms with Crippen LogP contribution < -0.4 is 11.3 Å². The van der Waals surface area contributed by atoms with Crippen molar-refractivity contribution < 1.29 is 4.74 Å². The van der Waals surface area contributed by atoms with Gasteiger partial charge in [-0.2, -0.15) is 0 Å². The zero-order valence-corrected chi connectivity index (χ0v) is 10.9. The molecule has 96 valence electrons. The first-order valence-electron chi connectivity index (χ1n) is 6.84. The van der Waals surface area contributed by atoms with Crippen LogP contribution in [0.15, 0.2) is 0 Å². The normalized spacial score (nSPS) is 24.6. The second kappa shape index (κ2) is 8.04. The first-order valence-corrected chi connectivity index (χ1v) is 6.84. The Morgan fingerprint density at radius 3 is 2.88 bits per heavy atom. The lowest BCUT2D eigenvalue weighted by Gasteiger charge is -2.20. The van der Waals surface area contributed by atoms with Gasteiger partial charge in [0.05, 0.1) is 6.10 Å². The third-order valence-corrected chi connectivity index (χ3v) is 3.72. The molecule has 1 fully saturated rings. The van der Waals surface area contributed by atoms with Crippen LogP contribution >= 0.6 is 0 Å². The lowest BCUT2D eigenvalue weighted by molar-refractivity contribution is 0.101. The lowest BCUT2D eigenvalue weighted by atomic mass is 9.95. The summed E-state index contributed by atoms with van der Waals surface area (Å²) in [5.41, 5.74) is 2.95. The van der Waals surface area contributed by atoms with E-state index in [0.717, 1.165) is 12.5 Å². The van der Waals surface area contributed by atoms with Crippen LogP contribution in [-0.2, 0) is 4.74 Å². The van der Waals surface area contributed by atoms with E-state index >= 15 is 0 Å². The molecule has 0 aliphatic carbocycles. The monoisotopic (exact) mass is 228 g/mol. The van der Waals surface area contributed by atoms with E-state index in [1.165, 1.54) is 44.9 Å². The minimum atomic E-state index is 0.483. The van der Waals surface area contributed by atoms with Crippen molar-refractivity contribution >= 4 is 0 Å². The van der Waals surface area contributed by atoms with E-state index in [1.54, 1.807) is 0 Å². The van der Waals surface area contributed by atoms with Crippen LogP contribution in [0.4, 0.5) is 0 Å². The molecule has 0 aromatic heterocycles. The van der Waals surface area contributed by atoms with Crippen LogP contribution in [0.5, 0.6) is 0 Å². The molecule has 16 heavy (non-hydrogen) atoms. The topological polar surface area (TPSA) is 47.3 Å². The summed E-state index contributed by atoms with van der Waals surface area (Å²) in [7, 11) is 0. The third-order valence-electron chi connectivity index (χ3n) is 3.72. The molecule has 0 bridgehead atoms. The van der Waals surface area contributed by atoms with Gasteiger partial charge in [-0.3, -0.25) is 11.3 Å². The van der Waals surface area contributed by atoms with Gasteiger partial charge < -0.3 is 4.74 Å². The fourth-order valence-corrected chi connectivity index (χ4v) is 2.39. The van der Waals surface area contributed by atoms with E-state index in [2.05, 4.69) is 19.3 Å². The van der Waals surface area contributed by atoms with Crippen molar-refractivity contribution in [3.05, 3.63) is 0 Å². The number of hydrogen-bond acceptors (Lipinski definition) is 3. The van der Waals surface area contributed by atoms with E-state index in [9.17, 15) is 0 Å². The van der Waals surface area contributed by atoms with E-state index in [-0.39, 0.29) is 0 Å². The number of rotatable bonds is 8. The summed E-state index contributed by atoms with van der Waals surface area (Å²) in [6.07, 6.45) is 9.09. The van der Waals surface area contributed by atoms with Gasteiger partial charge in [-0.1, -0.05) is 20.3 Å². The highest BCUT2D eigenvalue weighted by atomic mass is 16.5. The van der Waals surface area contributed by atoms with Gasteiger partial charge in [-0.25, -0.2) is 0 Å². The van der Waals surface area contributed by atoms with Crippen LogP contribution in [0.1, 0.15) is 58.8 Å². The third kappa shape index (κ3) is 5.28. The minimum Gasteiger partial charge on any atom is -0.378 e. The van der Waals surface area contributed by atoms with E-state index in [4.69, 9.17) is 10.6 Å². The summed E-state index contributed by atoms with van der Waals surface area (Å²) in [4.78, 5) is 0. The standard InChI is InChI=1S/C13H28N2O/c1-3-11(2)10-12(15-14)6-4-7-13-8-5-9-16-13/h11-13,15H,3-10,14H2,1-2H3. The van der Waals surface area contributed by atoms with Crippen molar-refractivity contribution in [1.29, 1.82) is 0 Å². The lowest BCUT2D eigenvalue weighted by Crippen LogP contribution is -2.36. The zero-order chi connectivity index (χ0) is 11.8. The van der Waals surface area contributed by atoms with Crippen molar-refractivity contribution in [1.82, 2.24) is 5.43 Å². The molecular formula is C13H28N2O. The summed E-state index contributed by atoms with van der Waals surface area (Å²) in [6.45, 7) is 5.51. The fourth-order valence-electron chi connectivity index (χ4n) is 2.39. The molecular weight excluding hydrogens is 200 g/mol. The quantitative estimate of drug-likeness (QED) is 0.496. The number of hydrogen-bond donors (Lipinski definition) is 2. The molecule has 0 aromatic carbocycles. The van der Waals surface area contributed by atoms with Crippen molar-refractivity contribution in [2.24, 2.45) is 11.8 Å². The molecule has 3 atom stereocenters. The Kier molecular flexibility index (Phi) is 7.01. The average molecular weight is 228 g/mol. The van der Waals surface area contributed by atoms with E-state index in [0.29, 0.717) is 12.1 Å². The highest BCUT2D eigenvalue weighted by Crippen LogP contribution is 2.19. The Bertz CT molecular complexity index is 169. The maximum Gasteiger partial charge on any atom is 0.0576 e. The van der Waals surface area contributed by atoms with Gasteiger partial charge in [0.2, 0.25) is 0 Å². The molecule has 3 heteroatoms. The molecule has 1 rings (SSSR count). The molecule has 3 N–H and O–H groups in total. The molecule has 0 radical (unpaired) electrons. The maximum atomic E-state index is 5.62. The molecule has 0 aromatic rings. The van der Waals surface area contributed by atoms with Gasteiger partial charge in [0.15, 0.2) is 0 Å². The van der Waals surface area contributed by atoms with Gasteiger partial charge in [0.1, 0.15) is 0 Å². The Labute approximate surface area is 100 Å². The van der Waals surface area contributed by atoms with E-state index < -0.39 is 0 Å². The molecule has 1 heterocycles. The Balaban J connectivity index is 2.08. The highest BCUT2D eigenvalue weighted by molar-refractivity contribution is 4.70. The maximum absolute atomic E-state index is 5.62. The first-order chi connectivity index (χ1) is 7.76. The van der Waals surface area contributed by atoms with Gasteiger partial charge in [-0.15, -0.1) is 0 Å². The molecule has 0 saturated carbocycles. The van der Waals surface area contributed by atoms with Crippen LogP contribution in [0.25, 0.3) is 0 Å². The van der Waals surface area contributed by atoms with Gasteiger partial charge in [0.25, 0.3) is 0 Å². The largest absolute Gasteiger partial charge is 0.378 e. The van der Waals surface area contributed by atoms with Crippen LogP contribution in [-0.4, -0.2) is 18.8 Å². The number of nitrogens with two attached hydrogens (primary N) is 1. The molecule has 0 spiro atoms. The highest BCUT2D eigenvalue weighted by Gasteiger charge is 2.16. The number of hydrazine groups is 1. The van der Waals surface area contributed by atoms with Crippen LogP contribution in [0, 0.1) is 5.92 Å². The molecule has 1 saturated heterocycles. The molecule has 0 amide bonds. The van der Waals surface area contributed by atoms with Gasteiger partial charge >= 0.3 is 0 Å². The Hall–Kier alpha value is -0.120. The second-order valence-electron chi connectivity index (χ2n) is 5.18. The van der Waals surface area contributed by atoms with E-state index in [1.807, 2.05) is 0 Å². The summed E-state index contributed by atoms with van der Waals surface area (Å²) in [5, 5.41) is 0. The fraction of sp³-hybridized carbons (Fsp3) is 1.00. The average Bonchev–Trinajstić information content (AvgIpc) is 2.80. The predicted molar refractivity (Wildman–Crippen MR) is 68.0 cm³/mol. The number of ether oxygens (including phenoxy) is 1. The van der Waals surface area contributed by atoms with Gasteiger partial charge in [-0.05, 0) is 44.4 Å². The Morgan fingerprint density at radius 1 is 1.50 bits per heavy atom. The SMILES string of the molecule is CCC(C)CC(CCCC1CCCO1)NN.